The summed E-state index contributed by atoms with van der Waals surface area (Å²) in [5, 5.41) is 0. The Labute approximate surface area is 113 Å². The molecule has 0 spiro atoms. The minimum Gasteiger partial charge on any atom is -0.493 e. The molecule has 102 valence electrons. The summed E-state index contributed by atoms with van der Waals surface area (Å²) in [6, 6.07) is 6.65. The van der Waals surface area contributed by atoms with Crippen molar-refractivity contribution in [3.05, 3.63) is 29.3 Å². The van der Waals surface area contributed by atoms with Gasteiger partial charge in [-0.2, -0.15) is 0 Å². The number of benzene rings is 1. The van der Waals surface area contributed by atoms with Gasteiger partial charge in [0.05, 0.1) is 12.6 Å². The average Bonchev–Trinajstić information content (AvgIpc) is 2.74. The molecule has 1 atom stereocenters. The molecule has 0 aromatic heterocycles. The van der Waals surface area contributed by atoms with Crippen LogP contribution in [0.1, 0.15) is 30.5 Å². The van der Waals surface area contributed by atoms with Crippen LogP contribution in [-0.4, -0.2) is 42.6 Å². The first kappa shape index (κ1) is 12.3. The van der Waals surface area contributed by atoms with Gasteiger partial charge in [0, 0.05) is 20.1 Å². The number of ether oxygens (including phenoxy) is 1. The zero-order chi connectivity index (χ0) is 13.4. The molecule has 1 aromatic carbocycles. The van der Waals surface area contributed by atoms with Crippen molar-refractivity contribution in [3.8, 4) is 5.75 Å². The second kappa shape index (κ2) is 4.76. The molecule has 2 heterocycles. The van der Waals surface area contributed by atoms with Gasteiger partial charge in [-0.1, -0.05) is 6.07 Å². The van der Waals surface area contributed by atoms with E-state index in [1.165, 1.54) is 11.1 Å². The van der Waals surface area contributed by atoms with E-state index in [4.69, 9.17) is 4.74 Å². The first-order valence-corrected chi connectivity index (χ1v) is 6.98. The molecule has 0 radical (unpaired) electrons. The lowest BCUT2D eigenvalue weighted by Crippen LogP contribution is -2.29. The number of aryl methyl sites for hydroxylation is 1. The number of fused-ring (bicyclic) bond motifs is 1. The molecule has 1 fully saturated rings. The predicted octanol–water partition coefficient (Wildman–Crippen LogP) is 2.44. The van der Waals surface area contributed by atoms with Crippen LogP contribution in [0.4, 0.5) is 4.79 Å². The zero-order valence-corrected chi connectivity index (χ0v) is 11.6. The van der Waals surface area contributed by atoms with Crippen LogP contribution in [0, 0.1) is 0 Å². The summed E-state index contributed by atoms with van der Waals surface area (Å²) < 4.78 is 5.64. The highest BCUT2D eigenvalue weighted by Crippen LogP contribution is 2.32. The van der Waals surface area contributed by atoms with Crippen molar-refractivity contribution in [2.24, 2.45) is 0 Å². The maximum absolute atomic E-state index is 12.0. The molecule has 2 amide bonds. The van der Waals surface area contributed by atoms with E-state index in [2.05, 4.69) is 18.2 Å². The minimum absolute atomic E-state index is 0.126. The molecule has 0 aliphatic carbocycles. The Kier molecular flexibility index (Phi) is 3.09. The molecule has 19 heavy (non-hydrogen) atoms. The van der Waals surface area contributed by atoms with E-state index < -0.39 is 0 Å². The van der Waals surface area contributed by atoms with Gasteiger partial charge in [-0.3, -0.25) is 0 Å². The fraction of sp³-hybridized carbons (Fsp3) is 0.533. The highest BCUT2D eigenvalue weighted by atomic mass is 16.5. The minimum atomic E-state index is 0.126. The highest BCUT2D eigenvalue weighted by Gasteiger charge is 2.34. The van der Waals surface area contributed by atoms with E-state index in [1.54, 1.807) is 0 Å². The lowest BCUT2D eigenvalue weighted by molar-refractivity contribution is 0.197. The van der Waals surface area contributed by atoms with Crippen LogP contribution in [-0.2, 0) is 6.42 Å². The van der Waals surface area contributed by atoms with E-state index >= 15 is 0 Å². The van der Waals surface area contributed by atoms with Crippen LogP contribution >= 0.6 is 0 Å². The summed E-state index contributed by atoms with van der Waals surface area (Å²) in [4.78, 5) is 15.8. The summed E-state index contributed by atoms with van der Waals surface area (Å²) in [6.45, 7) is 4.39. The van der Waals surface area contributed by atoms with E-state index in [0.29, 0.717) is 0 Å². The monoisotopic (exact) mass is 260 g/mol. The molecule has 0 N–H and O–H groups in total. The number of rotatable bonds is 2. The third-order valence-electron chi connectivity index (χ3n) is 4.13. The maximum Gasteiger partial charge on any atom is 0.320 e. The zero-order valence-electron chi connectivity index (χ0n) is 11.6. The van der Waals surface area contributed by atoms with Crippen LogP contribution < -0.4 is 4.74 Å². The predicted molar refractivity (Wildman–Crippen MR) is 73.4 cm³/mol. The van der Waals surface area contributed by atoms with Crippen LogP contribution in [0.15, 0.2) is 18.2 Å². The molecule has 1 saturated heterocycles. The standard InChI is InChI=1S/C15H20N2O2/c1-3-17-10-13(16(2)15(17)18)11-6-7-14-12(9-11)5-4-8-19-14/h6-7,9,13H,3-5,8,10H2,1-2H3. The smallest absolute Gasteiger partial charge is 0.320 e. The Morgan fingerprint density at radius 2 is 2.26 bits per heavy atom. The maximum atomic E-state index is 12.0. The number of nitrogens with zero attached hydrogens (tertiary/aromatic N) is 2. The number of hydrogen-bond donors (Lipinski definition) is 0. The van der Waals surface area contributed by atoms with Gasteiger partial charge < -0.3 is 14.5 Å². The van der Waals surface area contributed by atoms with Crippen molar-refractivity contribution in [1.29, 1.82) is 0 Å². The van der Waals surface area contributed by atoms with Crippen LogP contribution in [0.3, 0.4) is 0 Å². The first-order chi connectivity index (χ1) is 9.20. The van der Waals surface area contributed by atoms with Crippen molar-refractivity contribution < 1.29 is 9.53 Å². The summed E-state index contributed by atoms with van der Waals surface area (Å²) in [7, 11) is 1.89. The summed E-state index contributed by atoms with van der Waals surface area (Å²) >= 11 is 0. The molecule has 4 heteroatoms. The molecule has 1 unspecified atom stereocenters. The number of carbonyl (C=O) groups excluding carboxylic acids is 1. The van der Waals surface area contributed by atoms with E-state index in [1.807, 2.05) is 23.8 Å². The van der Waals surface area contributed by atoms with Crippen molar-refractivity contribution in [3.63, 3.8) is 0 Å². The second-order valence-corrected chi connectivity index (χ2v) is 5.27. The number of carbonyl (C=O) groups is 1. The quantitative estimate of drug-likeness (QED) is 0.818. The Bertz CT molecular complexity index is 501. The van der Waals surface area contributed by atoms with Crippen LogP contribution in [0.2, 0.25) is 0 Å². The molecule has 2 aliphatic heterocycles. The van der Waals surface area contributed by atoms with Gasteiger partial charge in [0.1, 0.15) is 5.75 Å². The van der Waals surface area contributed by atoms with Gasteiger partial charge in [0.15, 0.2) is 0 Å². The molecular weight excluding hydrogens is 240 g/mol. The number of amides is 2. The van der Waals surface area contributed by atoms with Gasteiger partial charge in [0.25, 0.3) is 0 Å². The third kappa shape index (κ3) is 2.05. The van der Waals surface area contributed by atoms with Crippen molar-refractivity contribution in [1.82, 2.24) is 9.80 Å². The fourth-order valence-electron chi connectivity index (χ4n) is 2.95. The number of likely N-dealkylation sites (N-methyl/N-ethyl adjacent to an activating group) is 2. The number of hydrogen-bond acceptors (Lipinski definition) is 2. The molecule has 2 aliphatic rings. The van der Waals surface area contributed by atoms with Gasteiger partial charge in [-0.05, 0) is 43.0 Å². The Balaban J connectivity index is 1.88. The van der Waals surface area contributed by atoms with Crippen molar-refractivity contribution >= 4 is 6.03 Å². The average molecular weight is 260 g/mol. The molecule has 4 nitrogen and oxygen atoms in total. The van der Waals surface area contributed by atoms with E-state index in [0.717, 1.165) is 38.3 Å². The van der Waals surface area contributed by atoms with Crippen molar-refractivity contribution in [2.75, 3.05) is 26.7 Å². The topological polar surface area (TPSA) is 32.8 Å². The lowest BCUT2D eigenvalue weighted by Gasteiger charge is -2.22. The third-order valence-corrected chi connectivity index (χ3v) is 4.13. The summed E-state index contributed by atoms with van der Waals surface area (Å²) in [5.74, 6) is 1.01. The van der Waals surface area contributed by atoms with Gasteiger partial charge in [0.2, 0.25) is 0 Å². The highest BCUT2D eigenvalue weighted by molar-refractivity contribution is 5.77. The van der Waals surface area contributed by atoms with E-state index in [-0.39, 0.29) is 12.1 Å². The van der Waals surface area contributed by atoms with Crippen LogP contribution in [0.25, 0.3) is 0 Å². The molecule has 1 aromatic rings. The largest absolute Gasteiger partial charge is 0.493 e. The summed E-state index contributed by atoms with van der Waals surface area (Å²) in [5.41, 5.74) is 2.50. The Hall–Kier alpha value is -1.71. The normalized spacial score (nSPS) is 22.4. The molecule has 0 saturated carbocycles. The van der Waals surface area contributed by atoms with Gasteiger partial charge in [-0.15, -0.1) is 0 Å². The number of urea groups is 1. The van der Waals surface area contributed by atoms with Crippen molar-refractivity contribution in [2.45, 2.75) is 25.8 Å². The van der Waals surface area contributed by atoms with E-state index in [9.17, 15) is 4.79 Å². The second-order valence-electron chi connectivity index (χ2n) is 5.27. The summed E-state index contributed by atoms with van der Waals surface area (Å²) in [6.07, 6.45) is 2.15. The fourth-order valence-corrected chi connectivity index (χ4v) is 2.95. The molecular formula is C15H20N2O2. The molecule has 3 rings (SSSR count). The van der Waals surface area contributed by atoms with Gasteiger partial charge >= 0.3 is 6.03 Å². The molecule has 0 bridgehead atoms. The Morgan fingerprint density at radius 1 is 1.42 bits per heavy atom. The van der Waals surface area contributed by atoms with Gasteiger partial charge in [-0.25, -0.2) is 4.79 Å². The SMILES string of the molecule is CCN1CC(c2ccc3c(c2)CCCO3)N(C)C1=O. The first-order valence-electron chi connectivity index (χ1n) is 6.98. The Morgan fingerprint density at radius 3 is 3.00 bits per heavy atom. The lowest BCUT2D eigenvalue weighted by atomic mass is 9.99. The van der Waals surface area contributed by atoms with Crippen LogP contribution in [0.5, 0.6) is 5.75 Å².